The zero-order valence-electron chi connectivity index (χ0n) is 13.8. The number of nitrogens with one attached hydrogen (secondary N) is 2. The van der Waals surface area contributed by atoms with Crippen LogP contribution in [0.15, 0.2) is 42.5 Å². The summed E-state index contributed by atoms with van der Waals surface area (Å²) >= 11 is 0. The summed E-state index contributed by atoms with van der Waals surface area (Å²) in [6.07, 6.45) is 1.58. The second-order valence-electron chi connectivity index (χ2n) is 6.93. The first-order chi connectivity index (χ1) is 11.2. The van der Waals surface area contributed by atoms with Crippen molar-refractivity contribution >= 4 is 0 Å². The largest absolute Gasteiger partial charge is 0.490 e. The molecule has 2 aromatic rings. The van der Waals surface area contributed by atoms with Crippen molar-refractivity contribution in [2.24, 2.45) is 5.92 Å². The molecule has 0 aliphatic carbocycles. The van der Waals surface area contributed by atoms with E-state index >= 15 is 0 Å². The molecule has 0 aromatic heterocycles. The van der Waals surface area contributed by atoms with Crippen molar-refractivity contribution in [1.29, 1.82) is 0 Å². The minimum Gasteiger partial charge on any atom is -0.490 e. The van der Waals surface area contributed by atoms with Gasteiger partial charge in [-0.05, 0) is 47.2 Å². The van der Waals surface area contributed by atoms with Crippen LogP contribution in [-0.2, 0) is 6.42 Å². The number of hydrogen-bond donors (Lipinski definition) is 2. The lowest BCUT2D eigenvalue weighted by molar-refractivity contribution is 0.254. The highest BCUT2D eigenvalue weighted by atomic mass is 16.5. The molecule has 4 rings (SSSR count). The van der Waals surface area contributed by atoms with E-state index in [0.29, 0.717) is 12.0 Å². The van der Waals surface area contributed by atoms with E-state index in [1.165, 1.54) is 22.3 Å². The Labute approximate surface area is 138 Å². The van der Waals surface area contributed by atoms with Gasteiger partial charge < -0.3 is 4.74 Å². The topological polar surface area (TPSA) is 33.3 Å². The minimum atomic E-state index is 0.273. The van der Waals surface area contributed by atoms with Gasteiger partial charge in [-0.25, -0.2) is 0 Å². The maximum atomic E-state index is 5.79. The van der Waals surface area contributed by atoms with E-state index < -0.39 is 0 Å². The van der Waals surface area contributed by atoms with Gasteiger partial charge >= 0.3 is 0 Å². The summed E-state index contributed by atoms with van der Waals surface area (Å²) in [7, 11) is 0. The third kappa shape index (κ3) is 2.99. The fourth-order valence-corrected chi connectivity index (χ4v) is 3.49. The van der Waals surface area contributed by atoms with Crippen molar-refractivity contribution in [2.45, 2.75) is 32.5 Å². The lowest BCUT2D eigenvalue weighted by Gasteiger charge is -2.29. The summed E-state index contributed by atoms with van der Waals surface area (Å²) in [6, 6.07) is 15.4. The minimum absolute atomic E-state index is 0.273. The summed E-state index contributed by atoms with van der Waals surface area (Å²) in [4.78, 5) is 0. The van der Waals surface area contributed by atoms with E-state index in [4.69, 9.17) is 4.74 Å². The first-order valence-electron chi connectivity index (χ1n) is 8.56. The Morgan fingerprint density at radius 3 is 2.35 bits per heavy atom. The Morgan fingerprint density at radius 2 is 1.61 bits per heavy atom. The zero-order valence-corrected chi connectivity index (χ0v) is 13.8. The molecule has 0 radical (unpaired) electrons. The predicted molar refractivity (Wildman–Crippen MR) is 93.6 cm³/mol. The van der Waals surface area contributed by atoms with E-state index in [1.807, 2.05) is 0 Å². The van der Waals surface area contributed by atoms with Gasteiger partial charge in [0.05, 0.1) is 6.17 Å². The Balaban J connectivity index is 1.53. The average molecular weight is 308 g/mol. The van der Waals surface area contributed by atoms with Crippen LogP contribution < -0.4 is 15.4 Å². The maximum Gasteiger partial charge on any atom is 0.123 e. The highest BCUT2D eigenvalue weighted by molar-refractivity contribution is 5.66. The number of benzene rings is 2. The van der Waals surface area contributed by atoms with E-state index in [0.717, 1.165) is 25.3 Å². The Bertz CT molecular complexity index is 687. The van der Waals surface area contributed by atoms with Gasteiger partial charge in [0.25, 0.3) is 0 Å². The summed E-state index contributed by atoms with van der Waals surface area (Å²) < 4.78 is 5.79. The number of rotatable bonds is 2. The van der Waals surface area contributed by atoms with E-state index in [2.05, 4.69) is 66.9 Å². The Kier molecular flexibility index (Phi) is 3.83. The van der Waals surface area contributed by atoms with E-state index in [9.17, 15) is 0 Å². The highest BCUT2D eigenvalue weighted by Crippen LogP contribution is 2.33. The van der Waals surface area contributed by atoms with Crippen molar-refractivity contribution in [3.63, 3.8) is 0 Å². The molecular formula is C20H24N2O. The van der Waals surface area contributed by atoms with Crippen LogP contribution in [0, 0.1) is 5.92 Å². The fourth-order valence-electron chi connectivity index (χ4n) is 3.49. The van der Waals surface area contributed by atoms with Crippen molar-refractivity contribution in [3.05, 3.63) is 53.6 Å². The van der Waals surface area contributed by atoms with Crippen LogP contribution >= 0.6 is 0 Å². The lowest BCUT2D eigenvalue weighted by Crippen LogP contribution is -2.45. The average Bonchev–Trinajstić information content (AvgIpc) is 2.95. The second kappa shape index (κ2) is 5.99. The van der Waals surface area contributed by atoms with Crippen LogP contribution in [0.3, 0.4) is 0 Å². The Morgan fingerprint density at radius 1 is 0.913 bits per heavy atom. The molecule has 1 unspecified atom stereocenters. The van der Waals surface area contributed by atoms with Crippen LogP contribution in [0.1, 0.15) is 31.1 Å². The van der Waals surface area contributed by atoms with E-state index in [-0.39, 0.29) is 6.17 Å². The molecule has 120 valence electrons. The SMILES string of the molecule is CC1CNC(c2ccc(-c3ccc4c(c3)CC(C)O4)cc2)NC1. The normalized spacial score (nSPS) is 26.6. The first-order valence-corrected chi connectivity index (χ1v) is 8.56. The van der Waals surface area contributed by atoms with Gasteiger partial charge in [-0.2, -0.15) is 0 Å². The summed E-state index contributed by atoms with van der Waals surface area (Å²) in [5, 5.41) is 7.11. The third-order valence-corrected chi connectivity index (χ3v) is 4.81. The van der Waals surface area contributed by atoms with Crippen LogP contribution in [0.4, 0.5) is 0 Å². The molecular weight excluding hydrogens is 284 g/mol. The molecule has 1 saturated heterocycles. The maximum absolute atomic E-state index is 5.79. The van der Waals surface area contributed by atoms with Crippen molar-refractivity contribution < 1.29 is 4.74 Å². The van der Waals surface area contributed by atoms with Crippen molar-refractivity contribution in [1.82, 2.24) is 10.6 Å². The van der Waals surface area contributed by atoms with Gasteiger partial charge in [0.1, 0.15) is 11.9 Å². The predicted octanol–water partition coefficient (Wildman–Crippen LogP) is 3.50. The molecule has 1 fully saturated rings. The summed E-state index contributed by atoms with van der Waals surface area (Å²) in [5.41, 5.74) is 5.16. The second-order valence-corrected chi connectivity index (χ2v) is 6.93. The van der Waals surface area contributed by atoms with Gasteiger partial charge in [0.15, 0.2) is 0 Å². The Hall–Kier alpha value is -1.84. The van der Waals surface area contributed by atoms with Crippen molar-refractivity contribution in [2.75, 3.05) is 13.1 Å². The number of fused-ring (bicyclic) bond motifs is 1. The molecule has 1 atom stereocenters. The van der Waals surface area contributed by atoms with Gasteiger partial charge in [-0.15, -0.1) is 0 Å². The molecule has 0 saturated carbocycles. The van der Waals surface area contributed by atoms with Crippen LogP contribution in [0.2, 0.25) is 0 Å². The molecule has 2 aliphatic heterocycles. The fraction of sp³-hybridized carbons (Fsp3) is 0.400. The van der Waals surface area contributed by atoms with Gasteiger partial charge in [0.2, 0.25) is 0 Å². The number of hydrogen-bond acceptors (Lipinski definition) is 3. The summed E-state index contributed by atoms with van der Waals surface area (Å²) in [6.45, 7) is 6.53. The molecule has 0 amide bonds. The first kappa shape index (κ1) is 14.7. The molecule has 3 nitrogen and oxygen atoms in total. The number of ether oxygens (including phenoxy) is 1. The molecule has 2 N–H and O–H groups in total. The van der Waals surface area contributed by atoms with Gasteiger partial charge in [0, 0.05) is 19.5 Å². The quantitative estimate of drug-likeness (QED) is 0.891. The van der Waals surface area contributed by atoms with Crippen molar-refractivity contribution in [3.8, 4) is 16.9 Å². The molecule has 0 bridgehead atoms. The molecule has 3 heteroatoms. The summed E-state index contributed by atoms with van der Waals surface area (Å²) in [5.74, 6) is 1.74. The molecule has 0 spiro atoms. The standard InChI is InChI=1S/C20H24N2O/c1-13-11-21-20(22-12-13)16-5-3-15(4-6-16)17-7-8-19-18(10-17)9-14(2)23-19/h3-8,10,13-14,20-22H,9,11-12H2,1-2H3. The monoisotopic (exact) mass is 308 g/mol. The molecule has 2 heterocycles. The van der Waals surface area contributed by atoms with Gasteiger partial charge in [-0.3, -0.25) is 10.6 Å². The smallest absolute Gasteiger partial charge is 0.123 e. The van der Waals surface area contributed by atoms with Crippen LogP contribution in [-0.4, -0.2) is 19.2 Å². The third-order valence-electron chi connectivity index (χ3n) is 4.81. The molecule has 2 aliphatic rings. The van der Waals surface area contributed by atoms with E-state index in [1.54, 1.807) is 0 Å². The lowest BCUT2D eigenvalue weighted by atomic mass is 9.99. The van der Waals surface area contributed by atoms with Crippen LogP contribution in [0.25, 0.3) is 11.1 Å². The highest BCUT2D eigenvalue weighted by Gasteiger charge is 2.20. The zero-order chi connectivity index (χ0) is 15.8. The van der Waals surface area contributed by atoms with Crippen LogP contribution in [0.5, 0.6) is 5.75 Å². The molecule has 2 aromatic carbocycles. The molecule has 23 heavy (non-hydrogen) atoms. The van der Waals surface area contributed by atoms with Gasteiger partial charge in [-0.1, -0.05) is 37.3 Å².